The second-order valence-electron chi connectivity index (χ2n) is 9.98. The normalized spacial score (nSPS) is 15.0. The van der Waals surface area contributed by atoms with Crippen LogP contribution in [-0.2, 0) is 6.54 Å². The highest BCUT2D eigenvalue weighted by Crippen LogP contribution is 2.43. The second kappa shape index (κ2) is 11.3. The van der Waals surface area contributed by atoms with E-state index in [0.29, 0.717) is 54.0 Å². The van der Waals surface area contributed by atoms with Crippen LogP contribution in [0.25, 0.3) is 11.2 Å². The van der Waals surface area contributed by atoms with Crippen molar-refractivity contribution in [2.24, 2.45) is 11.8 Å². The predicted molar refractivity (Wildman–Crippen MR) is 157 cm³/mol. The number of aryl methyl sites for hydroxylation is 1. The summed E-state index contributed by atoms with van der Waals surface area (Å²) < 4.78 is 15.0. The number of fused-ring (bicyclic) bond motifs is 2. The lowest BCUT2D eigenvalue weighted by molar-refractivity contribution is 0.0680. The molecule has 0 aliphatic carbocycles. The molecule has 0 unspecified atom stereocenters. The second-order valence-corrected chi connectivity index (χ2v) is 11.8. The molecule has 15 nitrogen and oxygen atoms in total. The fourth-order valence-electron chi connectivity index (χ4n) is 5.02. The maximum Gasteiger partial charge on any atom is 0.344 e. The minimum Gasteiger partial charge on any atom is -0.454 e. The minimum absolute atomic E-state index is 0.0307. The number of nitrogen functional groups attached to an aromatic ring is 2. The third-order valence-electron chi connectivity index (χ3n) is 7.33. The number of piperidine rings is 1. The Balaban J connectivity index is 1.14. The number of carbonyl (C=O) groups is 2. The van der Waals surface area contributed by atoms with E-state index in [1.165, 1.54) is 31.5 Å². The zero-order valence-corrected chi connectivity index (χ0v) is 25.0. The molecule has 0 atom stereocenters. The zero-order valence-electron chi connectivity index (χ0n) is 22.6. The molecule has 6 rings (SSSR count). The first-order valence-corrected chi connectivity index (χ1v) is 14.7. The lowest BCUT2D eigenvalue weighted by Crippen LogP contribution is -2.39. The SMILES string of the molecule is CN(N)C(=O)n1cnc(C(=O)N2CCC(CCn3c(Sc4cc5c(cc4Br)OCO5)nc4c(N)ncnc43)CC2)c1N. The van der Waals surface area contributed by atoms with Gasteiger partial charge in [0, 0.05) is 36.1 Å². The van der Waals surface area contributed by atoms with Gasteiger partial charge in [-0.2, -0.15) is 0 Å². The summed E-state index contributed by atoms with van der Waals surface area (Å²) in [7, 11) is 1.39. The first kappa shape index (κ1) is 28.0. The smallest absolute Gasteiger partial charge is 0.344 e. The molecule has 220 valence electrons. The van der Waals surface area contributed by atoms with Crippen LogP contribution in [0.1, 0.15) is 29.8 Å². The number of likely N-dealkylation sites (tertiary alicyclic amines) is 1. The molecule has 1 aromatic carbocycles. The summed E-state index contributed by atoms with van der Waals surface area (Å²) in [5, 5.41) is 1.60. The number of anilines is 2. The van der Waals surface area contributed by atoms with Crippen molar-refractivity contribution in [1.29, 1.82) is 0 Å². The maximum absolute atomic E-state index is 13.1. The van der Waals surface area contributed by atoms with Crippen molar-refractivity contribution in [1.82, 2.24) is 39.0 Å². The van der Waals surface area contributed by atoms with Gasteiger partial charge in [-0.05, 0) is 53.2 Å². The van der Waals surface area contributed by atoms with Crippen LogP contribution in [0.4, 0.5) is 16.4 Å². The van der Waals surface area contributed by atoms with Gasteiger partial charge in [-0.15, -0.1) is 0 Å². The highest BCUT2D eigenvalue weighted by Gasteiger charge is 2.29. The number of halogens is 1. The number of ether oxygens (including phenoxy) is 2. The van der Waals surface area contributed by atoms with Crippen LogP contribution in [0.2, 0.25) is 0 Å². The zero-order chi connectivity index (χ0) is 29.5. The number of hydrogen-bond donors (Lipinski definition) is 3. The molecule has 0 bridgehead atoms. The average molecular weight is 659 g/mol. The Bertz CT molecular complexity index is 1680. The number of hydrogen-bond acceptors (Lipinski definition) is 12. The van der Waals surface area contributed by atoms with Crippen molar-refractivity contribution in [2.45, 2.75) is 35.9 Å². The number of nitrogens with two attached hydrogens (primary N) is 3. The van der Waals surface area contributed by atoms with Gasteiger partial charge in [0.05, 0.1) is 0 Å². The summed E-state index contributed by atoms with van der Waals surface area (Å²) >= 11 is 5.10. The molecule has 5 heterocycles. The van der Waals surface area contributed by atoms with Crippen molar-refractivity contribution in [2.75, 3.05) is 38.4 Å². The molecule has 4 aromatic rings. The van der Waals surface area contributed by atoms with E-state index >= 15 is 0 Å². The van der Waals surface area contributed by atoms with E-state index in [9.17, 15) is 9.59 Å². The Morgan fingerprint density at radius 2 is 1.88 bits per heavy atom. The highest BCUT2D eigenvalue weighted by molar-refractivity contribution is 9.10. The molecule has 42 heavy (non-hydrogen) atoms. The minimum atomic E-state index is -0.583. The highest BCUT2D eigenvalue weighted by atomic mass is 79.9. The van der Waals surface area contributed by atoms with E-state index in [1.807, 2.05) is 12.1 Å². The summed E-state index contributed by atoms with van der Waals surface area (Å²) in [5.74, 6) is 7.22. The maximum atomic E-state index is 13.1. The molecule has 1 fully saturated rings. The van der Waals surface area contributed by atoms with Gasteiger partial charge in [0.25, 0.3) is 5.91 Å². The molecule has 2 aliphatic heterocycles. The number of nitrogens with zero attached hydrogens (tertiary/aromatic N) is 8. The number of amides is 2. The molecule has 2 aliphatic rings. The van der Waals surface area contributed by atoms with E-state index in [-0.39, 0.29) is 24.2 Å². The molecule has 2 amide bonds. The van der Waals surface area contributed by atoms with Crippen molar-refractivity contribution < 1.29 is 19.1 Å². The summed E-state index contributed by atoms with van der Waals surface area (Å²) in [5.41, 5.74) is 13.4. The third-order valence-corrected chi connectivity index (χ3v) is 9.30. The van der Waals surface area contributed by atoms with E-state index in [2.05, 4.69) is 35.4 Å². The number of hydrazine groups is 1. The number of rotatable bonds is 6. The van der Waals surface area contributed by atoms with Crippen LogP contribution < -0.4 is 26.8 Å². The monoisotopic (exact) mass is 657 g/mol. The van der Waals surface area contributed by atoms with Gasteiger partial charge in [-0.3, -0.25) is 9.80 Å². The fraction of sp³-hybridized carbons (Fsp3) is 0.360. The molecule has 17 heteroatoms. The van der Waals surface area contributed by atoms with Crippen LogP contribution in [0, 0.1) is 5.92 Å². The van der Waals surface area contributed by atoms with Crippen LogP contribution in [0.3, 0.4) is 0 Å². The topological polar surface area (TPSA) is 199 Å². The molecule has 3 aromatic heterocycles. The largest absolute Gasteiger partial charge is 0.454 e. The van der Waals surface area contributed by atoms with E-state index in [1.54, 1.807) is 4.90 Å². The quantitative estimate of drug-likeness (QED) is 0.156. The molecule has 6 N–H and O–H groups in total. The summed E-state index contributed by atoms with van der Waals surface area (Å²) in [6.45, 7) is 1.94. The number of carbonyl (C=O) groups excluding carboxylic acids is 2. The first-order chi connectivity index (χ1) is 20.2. The first-order valence-electron chi connectivity index (χ1n) is 13.1. The van der Waals surface area contributed by atoms with E-state index in [4.69, 9.17) is 31.8 Å². The van der Waals surface area contributed by atoms with E-state index in [0.717, 1.165) is 43.4 Å². The number of aromatic nitrogens is 6. The standard InChI is InChI=1S/C25H28BrN11O4S/c1-34(29)25(39)37-11-32-19(21(37)28)23(38)35-5-2-13(3-6-35)4-7-36-22-18(20(27)30-10-31-22)33-24(36)42-17-9-16-15(8-14(17)26)40-12-41-16/h8-11,13H,2-7,12,28-29H2,1H3,(H2,27,30,31). The summed E-state index contributed by atoms with van der Waals surface area (Å²) in [6.07, 6.45) is 5.11. The van der Waals surface area contributed by atoms with Gasteiger partial charge in [0.15, 0.2) is 39.3 Å². The lowest BCUT2D eigenvalue weighted by atomic mass is 9.93. The van der Waals surface area contributed by atoms with Gasteiger partial charge in [-0.1, -0.05) is 11.8 Å². The Hall–Kier alpha value is -4.09. The van der Waals surface area contributed by atoms with Gasteiger partial charge >= 0.3 is 6.03 Å². The summed E-state index contributed by atoms with van der Waals surface area (Å²) in [4.78, 5) is 45.4. The van der Waals surface area contributed by atoms with Crippen LogP contribution >= 0.6 is 27.7 Å². The Morgan fingerprint density at radius 1 is 1.14 bits per heavy atom. The molecule has 0 radical (unpaired) electrons. The molecule has 0 spiro atoms. The lowest BCUT2D eigenvalue weighted by Gasteiger charge is -2.32. The Morgan fingerprint density at radius 3 is 2.62 bits per heavy atom. The Kier molecular flexibility index (Phi) is 7.54. The van der Waals surface area contributed by atoms with Crippen LogP contribution in [0.5, 0.6) is 11.5 Å². The third kappa shape index (κ3) is 5.18. The number of benzene rings is 1. The van der Waals surface area contributed by atoms with Crippen molar-refractivity contribution in [3.63, 3.8) is 0 Å². The fourth-order valence-corrected chi connectivity index (χ4v) is 6.53. The molecule has 0 saturated carbocycles. The Labute approximate surface area is 252 Å². The van der Waals surface area contributed by atoms with Gasteiger partial charge in [-0.25, -0.2) is 35.1 Å². The van der Waals surface area contributed by atoms with Crippen molar-refractivity contribution in [3.05, 3.63) is 35.0 Å². The summed E-state index contributed by atoms with van der Waals surface area (Å²) in [6, 6.07) is 3.22. The molecular formula is C25H28BrN11O4S. The van der Waals surface area contributed by atoms with Gasteiger partial charge < -0.3 is 30.4 Å². The van der Waals surface area contributed by atoms with Crippen molar-refractivity contribution in [3.8, 4) is 11.5 Å². The van der Waals surface area contributed by atoms with Gasteiger partial charge in [0.2, 0.25) is 6.79 Å². The molecule has 1 saturated heterocycles. The number of imidazole rings is 2. The predicted octanol–water partition coefficient (Wildman–Crippen LogP) is 2.55. The average Bonchev–Trinajstić information content (AvgIpc) is 3.69. The molecular weight excluding hydrogens is 630 g/mol. The van der Waals surface area contributed by atoms with E-state index < -0.39 is 6.03 Å². The van der Waals surface area contributed by atoms with Gasteiger partial charge in [0.1, 0.15) is 18.5 Å². The van der Waals surface area contributed by atoms with Crippen LogP contribution in [0.15, 0.2) is 39.3 Å². The van der Waals surface area contributed by atoms with Crippen LogP contribution in [-0.4, -0.2) is 77.8 Å². The van der Waals surface area contributed by atoms with Crippen molar-refractivity contribution >= 4 is 62.4 Å².